The Balaban J connectivity index is 1.45. The quantitative estimate of drug-likeness (QED) is 0.360. The molecular formula is C28H34FN7O8S2. The van der Waals surface area contributed by atoms with Crippen LogP contribution in [0.5, 0.6) is 5.75 Å². The first-order valence-corrected chi connectivity index (χ1v) is 18.3. The number of ether oxygens (including phenoxy) is 1. The van der Waals surface area contributed by atoms with Gasteiger partial charge in [-0.1, -0.05) is 0 Å². The number of anilines is 2. The smallest absolute Gasteiger partial charge is 0.274 e. The van der Waals surface area contributed by atoms with Crippen molar-refractivity contribution < 1.29 is 39.7 Å². The summed E-state index contributed by atoms with van der Waals surface area (Å²) < 4.78 is 76.1. The fourth-order valence-corrected chi connectivity index (χ4v) is 7.42. The monoisotopic (exact) mass is 679 g/mol. The van der Waals surface area contributed by atoms with Gasteiger partial charge in [0, 0.05) is 45.4 Å². The van der Waals surface area contributed by atoms with Crippen LogP contribution in [0, 0.1) is 5.82 Å². The third-order valence-corrected chi connectivity index (χ3v) is 10.0. The number of aromatic nitrogens is 3. The minimum atomic E-state index is -4.02. The molecule has 0 spiro atoms. The van der Waals surface area contributed by atoms with Crippen LogP contribution in [-0.2, 0) is 29.1 Å². The molecule has 2 fully saturated rings. The number of piperidine rings is 1. The van der Waals surface area contributed by atoms with Crippen LogP contribution in [0.15, 0.2) is 30.3 Å². The van der Waals surface area contributed by atoms with Crippen molar-refractivity contribution in [3.63, 3.8) is 0 Å². The zero-order chi connectivity index (χ0) is 33.0. The van der Waals surface area contributed by atoms with Gasteiger partial charge >= 0.3 is 0 Å². The number of carbonyl (C=O) groups excluding carboxylic acids is 2. The van der Waals surface area contributed by atoms with Gasteiger partial charge in [0.15, 0.2) is 12.3 Å². The second-order valence-electron chi connectivity index (χ2n) is 11.7. The van der Waals surface area contributed by atoms with Crippen molar-refractivity contribution in [1.82, 2.24) is 23.8 Å². The summed E-state index contributed by atoms with van der Waals surface area (Å²) in [5.74, 6) is -1.06. The second-order valence-corrected chi connectivity index (χ2v) is 15.2. The van der Waals surface area contributed by atoms with Crippen LogP contribution < -0.4 is 14.5 Å². The van der Waals surface area contributed by atoms with E-state index in [0.29, 0.717) is 46.7 Å². The standard InChI is InChI=1S/C28H34FN7O8S2/c1-32-10-11-35(45(2,39)40)27(37)17-43-23-8-7-18(29)12-20(23)28(38)34-9-5-4-6-22(34)21-13-25-30-24(14-26(32)36(25)31-21)33-15-19(16-33)44-46(3,41)42/h7-8,12-14,19,22H,4-6,9-11,15-17H2,1-3H3. The summed E-state index contributed by atoms with van der Waals surface area (Å²) in [6.45, 7) is 0.0682. The molecule has 0 saturated carbocycles. The molecule has 2 saturated heterocycles. The molecule has 3 aromatic rings. The number of likely N-dealkylation sites (N-methyl/N-ethyl adjacent to an activating group) is 1. The maximum atomic E-state index is 14.5. The molecular weight excluding hydrogens is 645 g/mol. The fraction of sp³-hybridized carbons (Fsp3) is 0.500. The number of rotatable bonds is 4. The van der Waals surface area contributed by atoms with Crippen LogP contribution in [0.25, 0.3) is 5.65 Å². The first kappa shape index (κ1) is 31.9. The topological polar surface area (TPSA) is 164 Å². The van der Waals surface area contributed by atoms with Gasteiger partial charge < -0.3 is 19.4 Å². The first-order chi connectivity index (χ1) is 21.7. The molecule has 15 nitrogen and oxygen atoms in total. The minimum Gasteiger partial charge on any atom is -0.483 e. The van der Waals surface area contributed by atoms with Crippen molar-refractivity contribution in [2.24, 2.45) is 0 Å². The second kappa shape index (κ2) is 12.0. The molecule has 3 aliphatic heterocycles. The Morgan fingerprint density at radius 1 is 1.00 bits per heavy atom. The molecule has 1 aromatic carbocycles. The van der Waals surface area contributed by atoms with Gasteiger partial charge in [0.1, 0.15) is 29.3 Å². The number of hydrogen-bond donors (Lipinski definition) is 0. The molecule has 1 unspecified atom stereocenters. The number of benzene rings is 1. The predicted molar refractivity (Wildman–Crippen MR) is 164 cm³/mol. The Bertz CT molecular complexity index is 1910. The van der Waals surface area contributed by atoms with Gasteiger partial charge in [0.05, 0.1) is 36.4 Å². The molecule has 3 aliphatic rings. The number of carbonyl (C=O) groups is 2. The van der Waals surface area contributed by atoms with Crippen molar-refractivity contribution in [2.75, 3.05) is 68.7 Å². The highest BCUT2D eigenvalue weighted by molar-refractivity contribution is 7.88. The van der Waals surface area contributed by atoms with E-state index in [0.717, 1.165) is 31.1 Å². The van der Waals surface area contributed by atoms with E-state index in [9.17, 15) is 30.8 Å². The molecule has 2 amide bonds. The van der Waals surface area contributed by atoms with E-state index < -0.39 is 56.5 Å². The molecule has 248 valence electrons. The molecule has 2 bridgehead atoms. The summed E-state index contributed by atoms with van der Waals surface area (Å²) in [5.41, 5.74) is 0.911. The van der Waals surface area contributed by atoms with E-state index in [2.05, 4.69) is 0 Å². The highest BCUT2D eigenvalue weighted by Crippen LogP contribution is 2.35. The number of nitrogens with zero attached hydrogens (tertiary/aromatic N) is 7. The van der Waals surface area contributed by atoms with E-state index in [4.69, 9.17) is 19.0 Å². The Hall–Kier alpha value is -4.03. The van der Waals surface area contributed by atoms with Crippen molar-refractivity contribution in [1.29, 1.82) is 0 Å². The third kappa shape index (κ3) is 6.46. The summed E-state index contributed by atoms with van der Waals surface area (Å²) in [7, 11) is -5.94. The highest BCUT2D eigenvalue weighted by Gasteiger charge is 2.35. The van der Waals surface area contributed by atoms with Crippen LogP contribution in [0.3, 0.4) is 0 Å². The summed E-state index contributed by atoms with van der Waals surface area (Å²) >= 11 is 0. The van der Waals surface area contributed by atoms with E-state index in [1.165, 1.54) is 6.07 Å². The third-order valence-electron chi connectivity index (χ3n) is 8.23. The lowest BCUT2D eigenvalue weighted by Gasteiger charge is -2.39. The minimum absolute atomic E-state index is 0.0435. The largest absolute Gasteiger partial charge is 0.483 e. The Morgan fingerprint density at radius 2 is 1.76 bits per heavy atom. The predicted octanol–water partition coefficient (Wildman–Crippen LogP) is 1.02. The average Bonchev–Trinajstić information content (AvgIpc) is 3.39. The van der Waals surface area contributed by atoms with E-state index >= 15 is 0 Å². The lowest BCUT2D eigenvalue weighted by molar-refractivity contribution is -0.128. The number of amides is 2. The van der Waals surface area contributed by atoms with Crippen LogP contribution in [-0.4, -0.2) is 117 Å². The number of halogens is 1. The van der Waals surface area contributed by atoms with Crippen LogP contribution >= 0.6 is 0 Å². The van der Waals surface area contributed by atoms with Crippen LogP contribution in [0.1, 0.15) is 41.4 Å². The summed E-state index contributed by atoms with van der Waals surface area (Å²) in [4.78, 5) is 37.1. The summed E-state index contributed by atoms with van der Waals surface area (Å²) in [6.07, 6.45) is 3.50. The first-order valence-electron chi connectivity index (χ1n) is 14.7. The maximum absolute atomic E-state index is 14.5. The van der Waals surface area contributed by atoms with Crippen molar-refractivity contribution in [3.05, 3.63) is 47.4 Å². The SMILES string of the molecule is CN1CCN(S(C)(=O)=O)C(=O)COc2ccc(F)cc2C(=O)N2CCCCC2c2cc3nc(N4CC(OS(C)(=O)=O)C4)cc1n3n2. The Labute approximate surface area is 265 Å². The van der Waals surface area contributed by atoms with E-state index in [1.54, 1.807) is 33.5 Å². The molecule has 2 aromatic heterocycles. The van der Waals surface area contributed by atoms with E-state index in [1.807, 2.05) is 4.90 Å². The molecule has 0 N–H and O–H groups in total. The molecule has 1 atom stereocenters. The van der Waals surface area contributed by atoms with Gasteiger partial charge in [-0.15, -0.1) is 0 Å². The molecule has 18 heteroatoms. The zero-order valence-corrected chi connectivity index (χ0v) is 27.1. The van der Waals surface area contributed by atoms with Crippen molar-refractivity contribution in [3.8, 4) is 5.75 Å². The molecule has 5 heterocycles. The lowest BCUT2D eigenvalue weighted by Crippen LogP contribution is -2.53. The molecule has 0 radical (unpaired) electrons. The van der Waals surface area contributed by atoms with Gasteiger partial charge in [0.25, 0.3) is 21.9 Å². The van der Waals surface area contributed by atoms with Crippen LogP contribution in [0.4, 0.5) is 16.0 Å². The van der Waals surface area contributed by atoms with Crippen molar-refractivity contribution in [2.45, 2.75) is 31.4 Å². The highest BCUT2D eigenvalue weighted by atomic mass is 32.2. The molecule has 0 aliphatic carbocycles. The number of hydrogen-bond acceptors (Lipinski definition) is 12. The Morgan fingerprint density at radius 3 is 2.48 bits per heavy atom. The van der Waals surface area contributed by atoms with Crippen molar-refractivity contribution >= 4 is 49.2 Å². The zero-order valence-electron chi connectivity index (χ0n) is 25.5. The normalized spacial score (nSPS) is 20.5. The van der Waals surface area contributed by atoms with Crippen LogP contribution in [0.2, 0.25) is 0 Å². The van der Waals surface area contributed by atoms with Gasteiger partial charge in [-0.25, -0.2) is 22.1 Å². The van der Waals surface area contributed by atoms with E-state index in [-0.39, 0.29) is 37.5 Å². The number of fused-ring (bicyclic) bond motifs is 4. The van der Waals surface area contributed by atoms with Gasteiger partial charge in [-0.2, -0.15) is 18.0 Å². The van der Waals surface area contributed by atoms with Gasteiger partial charge in [-0.3, -0.25) is 13.8 Å². The van der Waals surface area contributed by atoms with Gasteiger partial charge in [-0.05, 0) is 37.5 Å². The summed E-state index contributed by atoms with van der Waals surface area (Å²) in [6, 6.07) is 6.44. The lowest BCUT2D eigenvalue weighted by atomic mass is 9.98. The average molecular weight is 680 g/mol. The number of sulfonamides is 1. The maximum Gasteiger partial charge on any atom is 0.274 e. The summed E-state index contributed by atoms with van der Waals surface area (Å²) in [5, 5.41) is 4.85. The molecule has 46 heavy (non-hydrogen) atoms. The fourth-order valence-electron chi connectivity index (χ4n) is 5.97. The van der Waals surface area contributed by atoms with Gasteiger partial charge in [0.2, 0.25) is 10.0 Å². The Kier molecular flexibility index (Phi) is 8.30. The molecule has 6 rings (SSSR count).